The van der Waals surface area contributed by atoms with Crippen LogP contribution in [-0.4, -0.2) is 19.3 Å². The Labute approximate surface area is 167 Å². The van der Waals surface area contributed by atoms with Gasteiger partial charge in [-0.15, -0.1) is 0 Å². The monoisotopic (exact) mass is 378 g/mol. The lowest BCUT2D eigenvalue weighted by Crippen LogP contribution is -2.35. The molecule has 0 radical (unpaired) electrons. The van der Waals surface area contributed by atoms with Gasteiger partial charge in [0, 0.05) is 11.1 Å². The number of fused-ring (bicyclic) bond motifs is 1. The quantitative estimate of drug-likeness (QED) is 0.621. The molecule has 3 heteroatoms. The first kappa shape index (κ1) is 20.2. The Morgan fingerprint density at radius 2 is 1.36 bits per heavy atom. The van der Waals surface area contributed by atoms with Gasteiger partial charge in [0.1, 0.15) is 17.1 Å². The van der Waals surface area contributed by atoms with Crippen molar-refractivity contribution in [1.82, 2.24) is 0 Å². The Hall–Kier alpha value is -2.52. The van der Waals surface area contributed by atoms with Crippen molar-refractivity contribution in [3.05, 3.63) is 70.3 Å². The number of hydrogen-bond acceptors (Lipinski definition) is 3. The molecule has 0 aliphatic heterocycles. The molecule has 0 saturated heterocycles. The van der Waals surface area contributed by atoms with Gasteiger partial charge in [0.2, 0.25) is 0 Å². The van der Waals surface area contributed by atoms with Crippen LogP contribution in [0.1, 0.15) is 41.7 Å². The Morgan fingerprint density at radius 1 is 0.786 bits per heavy atom. The Balaban J connectivity index is 2.40. The number of rotatable bonds is 5. The zero-order chi connectivity index (χ0) is 20.6. The minimum atomic E-state index is -1.22. The summed E-state index contributed by atoms with van der Waals surface area (Å²) in [6.07, 6.45) is 0. The second-order valence-corrected chi connectivity index (χ2v) is 7.80. The largest absolute Gasteiger partial charge is 0.496 e. The minimum Gasteiger partial charge on any atom is -0.496 e. The standard InChI is InChI=1S/C25H30O3/c1-15(2)25(26,21-13-12-19-10-8-9-11-20(19)14-21)22-18(5)23(27-6)16(3)17(4)24(22)28-7/h8-15,26H,1-7H3. The molecule has 1 N–H and O–H groups in total. The Bertz CT molecular complexity index is 1020. The fourth-order valence-corrected chi connectivity index (χ4v) is 4.31. The first-order valence-electron chi connectivity index (χ1n) is 9.71. The molecular formula is C25H30O3. The lowest BCUT2D eigenvalue weighted by molar-refractivity contribution is 0.0286. The number of benzene rings is 3. The number of aliphatic hydroxyl groups is 1. The molecule has 28 heavy (non-hydrogen) atoms. The lowest BCUT2D eigenvalue weighted by Gasteiger charge is -2.37. The average molecular weight is 379 g/mol. The molecule has 1 atom stereocenters. The van der Waals surface area contributed by atoms with E-state index in [-0.39, 0.29) is 5.92 Å². The lowest BCUT2D eigenvalue weighted by atomic mass is 9.74. The zero-order valence-electron chi connectivity index (χ0n) is 17.9. The van der Waals surface area contributed by atoms with Gasteiger partial charge in [0.05, 0.1) is 14.2 Å². The van der Waals surface area contributed by atoms with Crippen molar-refractivity contribution in [2.45, 2.75) is 40.2 Å². The Morgan fingerprint density at radius 3 is 1.93 bits per heavy atom. The molecule has 0 fully saturated rings. The van der Waals surface area contributed by atoms with Crippen molar-refractivity contribution >= 4 is 10.8 Å². The third kappa shape index (κ3) is 2.94. The number of ether oxygens (including phenoxy) is 2. The fraction of sp³-hybridized carbons (Fsp3) is 0.360. The Kier molecular flexibility index (Phi) is 5.40. The van der Waals surface area contributed by atoms with E-state index in [0.717, 1.165) is 50.1 Å². The molecule has 3 nitrogen and oxygen atoms in total. The van der Waals surface area contributed by atoms with Crippen LogP contribution in [0.5, 0.6) is 11.5 Å². The normalized spacial score (nSPS) is 13.6. The van der Waals surface area contributed by atoms with Gasteiger partial charge >= 0.3 is 0 Å². The second-order valence-electron chi connectivity index (χ2n) is 7.80. The summed E-state index contributed by atoms with van der Waals surface area (Å²) in [6.45, 7) is 10.1. The third-order valence-corrected chi connectivity index (χ3v) is 6.00. The highest BCUT2D eigenvalue weighted by Crippen LogP contribution is 2.48. The van der Waals surface area contributed by atoms with Crippen LogP contribution in [0, 0.1) is 26.7 Å². The summed E-state index contributed by atoms with van der Waals surface area (Å²) in [5.74, 6) is 1.45. The highest BCUT2D eigenvalue weighted by Gasteiger charge is 2.41. The topological polar surface area (TPSA) is 38.7 Å². The van der Waals surface area contributed by atoms with E-state index in [9.17, 15) is 5.11 Å². The van der Waals surface area contributed by atoms with E-state index in [0.29, 0.717) is 0 Å². The van der Waals surface area contributed by atoms with Gasteiger partial charge in [-0.2, -0.15) is 0 Å². The molecule has 3 aromatic rings. The second kappa shape index (κ2) is 7.48. The first-order valence-corrected chi connectivity index (χ1v) is 9.71. The maximum absolute atomic E-state index is 12.2. The van der Waals surface area contributed by atoms with E-state index < -0.39 is 5.60 Å². The van der Waals surface area contributed by atoms with Gasteiger partial charge in [-0.05, 0) is 60.2 Å². The summed E-state index contributed by atoms with van der Waals surface area (Å²) in [6, 6.07) is 14.4. The molecule has 0 aliphatic rings. The van der Waals surface area contributed by atoms with Crippen LogP contribution in [0.15, 0.2) is 42.5 Å². The SMILES string of the molecule is COc1c(C)c(C)c(OC)c(C(O)(c2ccc3ccccc3c2)C(C)C)c1C. The minimum absolute atomic E-state index is 0.0759. The average Bonchev–Trinajstić information content (AvgIpc) is 2.69. The molecule has 1 unspecified atom stereocenters. The van der Waals surface area contributed by atoms with Crippen LogP contribution in [0.3, 0.4) is 0 Å². The summed E-state index contributed by atoms with van der Waals surface area (Å²) >= 11 is 0. The van der Waals surface area contributed by atoms with Crippen molar-refractivity contribution < 1.29 is 14.6 Å². The maximum Gasteiger partial charge on any atom is 0.129 e. The molecule has 0 aromatic heterocycles. The van der Waals surface area contributed by atoms with Crippen LogP contribution in [0.25, 0.3) is 10.8 Å². The van der Waals surface area contributed by atoms with E-state index in [1.807, 2.05) is 52.8 Å². The summed E-state index contributed by atoms with van der Waals surface area (Å²) in [5, 5.41) is 14.4. The third-order valence-electron chi connectivity index (χ3n) is 6.00. The predicted octanol–water partition coefficient (Wildman–Crippen LogP) is 5.67. The van der Waals surface area contributed by atoms with Crippen molar-refractivity contribution in [1.29, 1.82) is 0 Å². The van der Waals surface area contributed by atoms with Gasteiger partial charge in [0.25, 0.3) is 0 Å². The van der Waals surface area contributed by atoms with Crippen molar-refractivity contribution in [2.75, 3.05) is 14.2 Å². The van der Waals surface area contributed by atoms with Gasteiger partial charge in [-0.1, -0.05) is 50.2 Å². The highest BCUT2D eigenvalue weighted by atomic mass is 16.5. The van der Waals surface area contributed by atoms with Gasteiger partial charge in [-0.3, -0.25) is 0 Å². The molecule has 0 bridgehead atoms. The van der Waals surface area contributed by atoms with Crippen molar-refractivity contribution in [3.8, 4) is 11.5 Å². The van der Waals surface area contributed by atoms with Crippen LogP contribution in [0.4, 0.5) is 0 Å². The van der Waals surface area contributed by atoms with E-state index >= 15 is 0 Å². The number of hydrogen-bond donors (Lipinski definition) is 1. The predicted molar refractivity (Wildman–Crippen MR) is 116 cm³/mol. The van der Waals surface area contributed by atoms with Gasteiger partial charge in [-0.25, -0.2) is 0 Å². The smallest absolute Gasteiger partial charge is 0.129 e. The van der Waals surface area contributed by atoms with Crippen LogP contribution < -0.4 is 9.47 Å². The molecular weight excluding hydrogens is 348 g/mol. The van der Waals surface area contributed by atoms with Crippen LogP contribution in [0.2, 0.25) is 0 Å². The van der Waals surface area contributed by atoms with Gasteiger partial charge in [0.15, 0.2) is 0 Å². The van der Waals surface area contributed by atoms with Gasteiger partial charge < -0.3 is 14.6 Å². The first-order chi connectivity index (χ1) is 13.3. The molecule has 0 aliphatic carbocycles. The molecule has 0 saturated carbocycles. The van der Waals surface area contributed by atoms with E-state index in [1.165, 1.54) is 0 Å². The molecule has 0 amide bonds. The number of methoxy groups -OCH3 is 2. The summed E-state index contributed by atoms with van der Waals surface area (Å²) in [4.78, 5) is 0. The van der Waals surface area contributed by atoms with Crippen LogP contribution >= 0.6 is 0 Å². The fourth-order valence-electron chi connectivity index (χ4n) is 4.31. The zero-order valence-corrected chi connectivity index (χ0v) is 17.9. The molecule has 3 rings (SSSR count). The van der Waals surface area contributed by atoms with Crippen molar-refractivity contribution in [2.24, 2.45) is 5.92 Å². The van der Waals surface area contributed by atoms with Crippen molar-refractivity contribution in [3.63, 3.8) is 0 Å². The summed E-state index contributed by atoms with van der Waals surface area (Å²) in [7, 11) is 3.34. The maximum atomic E-state index is 12.2. The molecule has 148 valence electrons. The van der Waals surface area contributed by atoms with E-state index in [1.54, 1.807) is 14.2 Å². The molecule has 3 aromatic carbocycles. The van der Waals surface area contributed by atoms with E-state index in [4.69, 9.17) is 9.47 Å². The highest BCUT2D eigenvalue weighted by molar-refractivity contribution is 5.83. The van der Waals surface area contributed by atoms with Crippen LogP contribution in [-0.2, 0) is 5.60 Å². The van der Waals surface area contributed by atoms with E-state index in [2.05, 4.69) is 24.3 Å². The summed E-state index contributed by atoms with van der Waals surface area (Å²) < 4.78 is 11.5. The molecule has 0 spiro atoms. The molecule has 0 heterocycles. The summed E-state index contributed by atoms with van der Waals surface area (Å²) in [5.41, 5.74) is 3.34.